The van der Waals surface area contributed by atoms with Gasteiger partial charge in [-0.25, -0.2) is 0 Å². The number of aryl methyl sites for hydroxylation is 1. The van der Waals surface area contributed by atoms with E-state index in [1.165, 1.54) is 66.3 Å². The van der Waals surface area contributed by atoms with E-state index in [-0.39, 0.29) is 5.41 Å². The molecule has 0 unspecified atom stereocenters. The topological polar surface area (TPSA) is 15.8 Å². The van der Waals surface area contributed by atoms with Gasteiger partial charge in [-0.1, -0.05) is 81.4 Å². The maximum Gasteiger partial charge on any atom is 0.0470 e. The minimum absolute atomic E-state index is 0.137. The van der Waals surface area contributed by atoms with E-state index in [9.17, 15) is 0 Å². The summed E-state index contributed by atoms with van der Waals surface area (Å²) in [7, 11) is 0. The Balaban J connectivity index is 1.63. The molecule has 4 aromatic carbocycles. The van der Waals surface area contributed by atoms with Gasteiger partial charge in [0, 0.05) is 33.6 Å². The Labute approximate surface area is 189 Å². The molecule has 0 atom stereocenters. The summed E-state index contributed by atoms with van der Waals surface area (Å²) in [6, 6.07) is 27.6. The summed E-state index contributed by atoms with van der Waals surface area (Å²) in [6.07, 6.45) is 0. The van der Waals surface area contributed by atoms with E-state index in [0.717, 1.165) is 0 Å². The summed E-state index contributed by atoms with van der Waals surface area (Å²) in [5.41, 5.74) is 14.4. The zero-order valence-corrected chi connectivity index (χ0v) is 19.1. The highest BCUT2D eigenvalue weighted by Crippen LogP contribution is 2.58. The minimum atomic E-state index is 0.137. The molecule has 0 saturated carbocycles. The summed E-state index contributed by atoms with van der Waals surface area (Å²) >= 11 is 0. The molecule has 0 saturated heterocycles. The van der Waals surface area contributed by atoms with Gasteiger partial charge in [-0.05, 0) is 69.0 Å². The Hall–Kier alpha value is -3.32. The second-order valence-corrected chi connectivity index (χ2v) is 10.7. The van der Waals surface area contributed by atoms with Crippen molar-refractivity contribution in [3.63, 3.8) is 0 Å². The molecular weight excluding hydrogens is 386 g/mol. The highest BCUT2D eigenvalue weighted by atomic mass is 14.7. The monoisotopic (exact) mass is 413 g/mol. The van der Waals surface area contributed by atoms with Gasteiger partial charge in [0.25, 0.3) is 0 Å². The molecule has 2 bridgehead atoms. The maximum atomic E-state index is 3.79. The molecule has 32 heavy (non-hydrogen) atoms. The van der Waals surface area contributed by atoms with Crippen LogP contribution < -0.4 is 0 Å². The quantitative estimate of drug-likeness (QED) is 0.260. The first-order valence-electron chi connectivity index (χ1n) is 11.7. The third-order valence-corrected chi connectivity index (χ3v) is 7.85. The molecule has 156 valence electrons. The zero-order valence-electron chi connectivity index (χ0n) is 19.1. The summed E-state index contributed by atoms with van der Waals surface area (Å²) in [5, 5.41) is 2.77. The first-order chi connectivity index (χ1) is 15.4. The maximum absolute atomic E-state index is 3.79. The molecule has 5 aromatic rings. The fourth-order valence-electron chi connectivity index (χ4n) is 6.44. The van der Waals surface area contributed by atoms with Gasteiger partial charge in [-0.3, -0.25) is 0 Å². The number of aromatic nitrogens is 1. The summed E-state index contributed by atoms with van der Waals surface area (Å²) in [4.78, 5) is 3.79. The molecule has 8 rings (SSSR count). The number of hydrogen-bond acceptors (Lipinski definition) is 0. The standard InChI is InChI=1S/C31H27N/c1-17-15-25-29(23-14-13-18(31(2,3)4)16-24(23)32-25)30-26(17)27-19-9-5-7-11-21(19)28(30)22-12-8-6-10-20(22)27/h5-16,27-28,32H,1-4H3. The molecule has 0 spiro atoms. The fraction of sp³-hybridized carbons (Fsp3) is 0.226. The van der Waals surface area contributed by atoms with Gasteiger partial charge in [0.2, 0.25) is 0 Å². The molecule has 3 aliphatic rings. The SMILES string of the molecule is Cc1cc2[nH]c3cc(C(C)(C)C)ccc3c2c2c1C1c3ccccc3C2c2ccccc21. The summed E-state index contributed by atoms with van der Waals surface area (Å²) in [5.74, 6) is 0.622. The van der Waals surface area contributed by atoms with Crippen LogP contribution in [-0.4, -0.2) is 4.98 Å². The average molecular weight is 414 g/mol. The first kappa shape index (κ1) is 18.3. The van der Waals surface area contributed by atoms with Crippen LogP contribution in [0.25, 0.3) is 21.8 Å². The van der Waals surface area contributed by atoms with E-state index in [1.54, 1.807) is 0 Å². The highest BCUT2D eigenvalue weighted by Gasteiger charge is 2.43. The smallest absolute Gasteiger partial charge is 0.0470 e. The van der Waals surface area contributed by atoms with Gasteiger partial charge in [-0.15, -0.1) is 0 Å². The van der Waals surface area contributed by atoms with Crippen molar-refractivity contribution in [2.24, 2.45) is 0 Å². The van der Waals surface area contributed by atoms with Gasteiger partial charge in [0.05, 0.1) is 0 Å². The number of aromatic amines is 1. The van der Waals surface area contributed by atoms with Crippen LogP contribution in [0, 0.1) is 6.92 Å². The number of benzene rings is 4. The Morgan fingerprint density at radius 3 is 1.78 bits per heavy atom. The van der Waals surface area contributed by atoms with Crippen LogP contribution in [0.3, 0.4) is 0 Å². The average Bonchev–Trinajstić information content (AvgIpc) is 3.15. The number of H-pyrrole nitrogens is 1. The van der Waals surface area contributed by atoms with Crippen molar-refractivity contribution in [2.45, 2.75) is 44.9 Å². The van der Waals surface area contributed by atoms with E-state index in [2.05, 4.69) is 105 Å². The number of rotatable bonds is 0. The Bertz CT molecular complexity index is 1530. The highest BCUT2D eigenvalue weighted by molar-refractivity contribution is 6.11. The van der Waals surface area contributed by atoms with E-state index >= 15 is 0 Å². The largest absolute Gasteiger partial charge is 0.354 e. The molecule has 1 heterocycles. The minimum Gasteiger partial charge on any atom is -0.354 e. The molecule has 0 amide bonds. The van der Waals surface area contributed by atoms with Gasteiger partial charge in [-0.2, -0.15) is 0 Å². The third-order valence-electron chi connectivity index (χ3n) is 7.85. The zero-order chi connectivity index (χ0) is 21.8. The van der Waals surface area contributed by atoms with Crippen LogP contribution in [-0.2, 0) is 5.41 Å². The van der Waals surface area contributed by atoms with E-state index in [1.807, 2.05) is 0 Å². The van der Waals surface area contributed by atoms with Crippen LogP contribution in [0.15, 0.2) is 72.8 Å². The van der Waals surface area contributed by atoms with Gasteiger partial charge in [0.15, 0.2) is 0 Å². The van der Waals surface area contributed by atoms with Gasteiger partial charge < -0.3 is 4.98 Å². The van der Waals surface area contributed by atoms with Crippen LogP contribution in [0.1, 0.15) is 77.1 Å². The molecular formula is C31H27N. The van der Waals surface area contributed by atoms with Crippen molar-refractivity contribution < 1.29 is 0 Å². The van der Waals surface area contributed by atoms with Crippen molar-refractivity contribution in [3.8, 4) is 0 Å². The Kier molecular flexibility index (Phi) is 3.38. The molecule has 1 heteroatoms. The molecule has 1 aromatic heterocycles. The first-order valence-corrected chi connectivity index (χ1v) is 11.7. The Morgan fingerprint density at radius 2 is 1.22 bits per heavy atom. The lowest BCUT2D eigenvalue weighted by molar-refractivity contribution is 0.591. The van der Waals surface area contributed by atoms with Crippen LogP contribution in [0.2, 0.25) is 0 Å². The van der Waals surface area contributed by atoms with Crippen LogP contribution in [0.5, 0.6) is 0 Å². The van der Waals surface area contributed by atoms with E-state index in [0.29, 0.717) is 11.8 Å². The Morgan fingerprint density at radius 1 is 0.656 bits per heavy atom. The van der Waals surface area contributed by atoms with Crippen molar-refractivity contribution >= 4 is 21.8 Å². The molecule has 1 nitrogen and oxygen atoms in total. The normalized spacial score (nSPS) is 18.6. The second-order valence-electron chi connectivity index (χ2n) is 10.7. The summed E-state index contributed by atoms with van der Waals surface area (Å²) in [6.45, 7) is 9.16. The van der Waals surface area contributed by atoms with Crippen molar-refractivity contribution in [1.82, 2.24) is 4.98 Å². The molecule has 0 radical (unpaired) electrons. The van der Waals surface area contributed by atoms with Crippen molar-refractivity contribution in [1.29, 1.82) is 0 Å². The lowest BCUT2D eigenvalue weighted by Crippen LogP contribution is -2.28. The van der Waals surface area contributed by atoms with Crippen LogP contribution >= 0.6 is 0 Å². The number of fused-ring (bicyclic) bond motifs is 3. The fourth-order valence-corrected chi connectivity index (χ4v) is 6.44. The predicted octanol–water partition coefficient (Wildman–Crippen LogP) is 7.91. The van der Waals surface area contributed by atoms with Crippen molar-refractivity contribution in [2.75, 3.05) is 0 Å². The molecule has 0 fully saturated rings. The molecule has 3 aliphatic carbocycles. The number of nitrogens with one attached hydrogen (secondary N) is 1. The lowest BCUT2D eigenvalue weighted by Gasteiger charge is -2.43. The van der Waals surface area contributed by atoms with Gasteiger partial charge >= 0.3 is 0 Å². The second kappa shape index (κ2) is 5.92. The lowest BCUT2D eigenvalue weighted by atomic mass is 9.59. The summed E-state index contributed by atoms with van der Waals surface area (Å²) < 4.78 is 0. The van der Waals surface area contributed by atoms with Crippen LogP contribution in [0.4, 0.5) is 0 Å². The third kappa shape index (κ3) is 2.19. The predicted molar refractivity (Wildman–Crippen MR) is 134 cm³/mol. The van der Waals surface area contributed by atoms with Crippen molar-refractivity contribution in [3.05, 3.63) is 117 Å². The van der Waals surface area contributed by atoms with E-state index < -0.39 is 0 Å². The molecule has 1 N–H and O–H groups in total. The van der Waals surface area contributed by atoms with E-state index in [4.69, 9.17) is 0 Å². The van der Waals surface area contributed by atoms with Gasteiger partial charge in [0.1, 0.15) is 0 Å². The number of hydrogen-bond donors (Lipinski definition) is 1. The molecule has 0 aliphatic heterocycles.